The molecule has 1 amide bonds. The van der Waals surface area contributed by atoms with Crippen LogP contribution in [-0.2, 0) is 16.0 Å². The Kier molecular flexibility index (Phi) is 3.96. The quantitative estimate of drug-likeness (QED) is 0.860. The first-order valence-electron chi connectivity index (χ1n) is 5.69. The Hall–Kier alpha value is -1.43. The Balaban J connectivity index is 2.01. The molecule has 2 rings (SSSR count). The molecule has 0 aliphatic heterocycles. The van der Waals surface area contributed by atoms with Crippen LogP contribution >= 0.6 is 15.9 Å². The van der Waals surface area contributed by atoms with Gasteiger partial charge in [-0.15, -0.1) is 0 Å². The third kappa shape index (κ3) is 3.53. The Labute approximate surface area is 113 Å². The minimum absolute atomic E-state index is 0.00693. The zero-order chi connectivity index (χ0) is 13.1. The topological polar surface area (TPSA) is 79.3 Å². The fourth-order valence-corrected chi connectivity index (χ4v) is 2.05. The number of carboxylic acids is 1. The number of rotatable bonds is 5. The lowest BCUT2D eigenvalue weighted by Crippen LogP contribution is -2.43. The number of carbonyl (C=O) groups is 2. The molecule has 1 atom stereocenters. The predicted octanol–water partition coefficient (Wildman–Crippen LogP) is 1.37. The molecule has 1 fully saturated rings. The van der Waals surface area contributed by atoms with E-state index in [1.54, 1.807) is 18.5 Å². The van der Waals surface area contributed by atoms with Crippen LogP contribution in [0.4, 0.5) is 0 Å². The molecular weight excluding hydrogens is 300 g/mol. The van der Waals surface area contributed by atoms with Crippen molar-refractivity contribution in [3.05, 3.63) is 28.5 Å². The van der Waals surface area contributed by atoms with Crippen molar-refractivity contribution < 1.29 is 14.7 Å². The van der Waals surface area contributed by atoms with Gasteiger partial charge in [0.25, 0.3) is 0 Å². The number of hydrogen-bond donors (Lipinski definition) is 2. The summed E-state index contributed by atoms with van der Waals surface area (Å²) in [6.45, 7) is 0. The van der Waals surface area contributed by atoms with Crippen molar-refractivity contribution >= 4 is 27.8 Å². The van der Waals surface area contributed by atoms with Crippen molar-refractivity contribution in [2.24, 2.45) is 5.92 Å². The van der Waals surface area contributed by atoms with E-state index in [-0.39, 0.29) is 18.2 Å². The number of pyridine rings is 1. The molecule has 1 aliphatic carbocycles. The first-order chi connectivity index (χ1) is 8.56. The molecular formula is C12H13BrN2O3. The van der Waals surface area contributed by atoms with E-state index in [9.17, 15) is 9.59 Å². The molecule has 2 N–H and O–H groups in total. The van der Waals surface area contributed by atoms with E-state index in [4.69, 9.17) is 5.11 Å². The Morgan fingerprint density at radius 2 is 2.22 bits per heavy atom. The minimum atomic E-state index is -1.02. The van der Waals surface area contributed by atoms with Crippen LogP contribution in [0.15, 0.2) is 22.9 Å². The van der Waals surface area contributed by atoms with Crippen LogP contribution in [-0.4, -0.2) is 28.0 Å². The second-order valence-electron chi connectivity index (χ2n) is 4.39. The van der Waals surface area contributed by atoms with Crippen LogP contribution in [0.3, 0.4) is 0 Å². The highest BCUT2D eigenvalue weighted by Gasteiger charge is 2.32. The highest BCUT2D eigenvalue weighted by molar-refractivity contribution is 9.10. The minimum Gasteiger partial charge on any atom is -0.480 e. The van der Waals surface area contributed by atoms with E-state index in [2.05, 4.69) is 26.2 Å². The van der Waals surface area contributed by atoms with Gasteiger partial charge >= 0.3 is 5.97 Å². The summed E-state index contributed by atoms with van der Waals surface area (Å²) in [5, 5.41) is 11.7. The van der Waals surface area contributed by atoms with Gasteiger partial charge in [-0.2, -0.15) is 0 Å². The smallest absolute Gasteiger partial charge is 0.326 e. The number of halogens is 1. The average Bonchev–Trinajstić information content (AvgIpc) is 3.11. The fourth-order valence-electron chi connectivity index (χ4n) is 1.64. The summed E-state index contributed by atoms with van der Waals surface area (Å²) in [6.07, 6.45) is 5.18. The van der Waals surface area contributed by atoms with Gasteiger partial charge < -0.3 is 10.4 Å². The molecule has 1 unspecified atom stereocenters. The van der Waals surface area contributed by atoms with E-state index in [1.165, 1.54) is 0 Å². The van der Waals surface area contributed by atoms with Gasteiger partial charge in [-0.3, -0.25) is 9.78 Å². The molecule has 0 aromatic carbocycles. The molecule has 0 radical (unpaired) electrons. The van der Waals surface area contributed by atoms with Crippen molar-refractivity contribution in [3.63, 3.8) is 0 Å². The van der Waals surface area contributed by atoms with E-state index in [0.717, 1.165) is 22.9 Å². The summed E-state index contributed by atoms with van der Waals surface area (Å²) in [6, 6.07) is 0.904. The zero-order valence-corrected chi connectivity index (χ0v) is 11.2. The summed E-state index contributed by atoms with van der Waals surface area (Å²) >= 11 is 3.28. The predicted molar refractivity (Wildman–Crippen MR) is 67.9 cm³/mol. The maximum Gasteiger partial charge on any atom is 0.326 e. The number of nitrogens with one attached hydrogen (secondary N) is 1. The number of amides is 1. The fraction of sp³-hybridized carbons (Fsp3) is 0.417. The van der Waals surface area contributed by atoms with Crippen LogP contribution in [0.5, 0.6) is 0 Å². The van der Waals surface area contributed by atoms with Crippen LogP contribution in [0.2, 0.25) is 0 Å². The Morgan fingerprint density at radius 1 is 1.50 bits per heavy atom. The number of aliphatic carboxylic acids is 1. The average molecular weight is 313 g/mol. The summed E-state index contributed by atoms with van der Waals surface area (Å²) in [5.74, 6) is -1.18. The van der Waals surface area contributed by atoms with E-state index in [0.29, 0.717) is 0 Å². The summed E-state index contributed by atoms with van der Waals surface area (Å²) in [4.78, 5) is 26.7. The summed E-state index contributed by atoms with van der Waals surface area (Å²) in [5.41, 5.74) is 0.771. The maximum atomic E-state index is 11.6. The number of nitrogens with zero attached hydrogens (tertiary/aromatic N) is 1. The van der Waals surface area contributed by atoms with Crippen LogP contribution in [0, 0.1) is 5.92 Å². The second kappa shape index (κ2) is 5.48. The summed E-state index contributed by atoms with van der Waals surface area (Å²) < 4.78 is 0.789. The van der Waals surface area contributed by atoms with Gasteiger partial charge in [0.1, 0.15) is 6.04 Å². The normalized spacial score (nSPS) is 16.1. The van der Waals surface area contributed by atoms with Crippen molar-refractivity contribution in [1.82, 2.24) is 10.3 Å². The van der Waals surface area contributed by atoms with Gasteiger partial charge in [0.15, 0.2) is 0 Å². The van der Waals surface area contributed by atoms with Gasteiger partial charge in [0.2, 0.25) is 5.91 Å². The van der Waals surface area contributed by atoms with Gasteiger partial charge in [-0.05, 0) is 40.4 Å². The first kappa shape index (κ1) is 13.0. The van der Waals surface area contributed by atoms with Gasteiger partial charge in [-0.25, -0.2) is 4.79 Å². The molecule has 6 heteroatoms. The lowest BCUT2D eigenvalue weighted by molar-refractivity contribution is -0.142. The molecule has 5 nitrogen and oxygen atoms in total. The number of hydrogen-bond acceptors (Lipinski definition) is 3. The number of aromatic nitrogens is 1. The Morgan fingerprint density at radius 3 is 2.78 bits per heavy atom. The highest BCUT2D eigenvalue weighted by Crippen LogP contribution is 2.29. The molecule has 1 heterocycles. The molecule has 0 saturated heterocycles. The van der Waals surface area contributed by atoms with Crippen LogP contribution < -0.4 is 5.32 Å². The third-order valence-electron chi connectivity index (χ3n) is 2.76. The van der Waals surface area contributed by atoms with Crippen molar-refractivity contribution in [3.8, 4) is 0 Å². The molecule has 1 aromatic heterocycles. The lowest BCUT2D eigenvalue weighted by atomic mass is 10.1. The number of carboxylic acid groups (broad SMARTS) is 1. The second-order valence-corrected chi connectivity index (χ2v) is 5.30. The van der Waals surface area contributed by atoms with Gasteiger partial charge in [0, 0.05) is 29.2 Å². The van der Waals surface area contributed by atoms with E-state index in [1.807, 2.05) is 0 Å². The van der Waals surface area contributed by atoms with Crippen molar-refractivity contribution in [2.45, 2.75) is 25.3 Å². The lowest BCUT2D eigenvalue weighted by Gasteiger charge is -2.14. The maximum absolute atomic E-state index is 11.6. The molecule has 0 bridgehead atoms. The largest absolute Gasteiger partial charge is 0.480 e. The van der Waals surface area contributed by atoms with Crippen LogP contribution in [0.25, 0.3) is 0 Å². The van der Waals surface area contributed by atoms with Gasteiger partial charge in [0.05, 0.1) is 0 Å². The SMILES string of the molecule is O=C(NC(Cc1cncc(Br)c1)C(=O)O)C1CC1. The van der Waals surface area contributed by atoms with Crippen molar-refractivity contribution in [1.29, 1.82) is 0 Å². The van der Waals surface area contributed by atoms with Crippen molar-refractivity contribution in [2.75, 3.05) is 0 Å². The monoisotopic (exact) mass is 312 g/mol. The van der Waals surface area contributed by atoms with E-state index >= 15 is 0 Å². The van der Waals surface area contributed by atoms with Crippen LogP contribution in [0.1, 0.15) is 18.4 Å². The molecule has 1 aromatic rings. The van der Waals surface area contributed by atoms with E-state index < -0.39 is 12.0 Å². The number of carbonyl (C=O) groups excluding carboxylic acids is 1. The summed E-state index contributed by atoms with van der Waals surface area (Å²) in [7, 11) is 0. The molecule has 96 valence electrons. The molecule has 0 spiro atoms. The third-order valence-corrected chi connectivity index (χ3v) is 3.20. The highest BCUT2D eigenvalue weighted by atomic mass is 79.9. The Bertz CT molecular complexity index is 474. The molecule has 1 aliphatic rings. The zero-order valence-electron chi connectivity index (χ0n) is 9.60. The van der Waals surface area contributed by atoms with Gasteiger partial charge in [-0.1, -0.05) is 0 Å². The first-order valence-corrected chi connectivity index (χ1v) is 6.48. The molecule has 1 saturated carbocycles. The standard InChI is InChI=1S/C12H13BrN2O3/c13-9-3-7(5-14-6-9)4-10(12(17)18)15-11(16)8-1-2-8/h3,5-6,8,10H,1-2,4H2,(H,15,16)(H,17,18). The molecule has 18 heavy (non-hydrogen) atoms.